The standard InChI is InChI=1S/C11H22N4O2/c1-8(6-9(16)14-12)15-5-4-11(2,7-15)10(17)13-3/h8H,4-7,12H2,1-3H3,(H,13,17)(H,14,16). The first-order chi connectivity index (χ1) is 7.92. The molecule has 0 aromatic carbocycles. The Kier molecular flexibility index (Phi) is 4.47. The third-order valence-electron chi connectivity index (χ3n) is 3.54. The second-order valence-electron chi connectivity index (χ2n) is 4.98. The number of rotatable bonds is 4. The molecule has 0 aromatic rings. The van der Waals surface area contributed by atoms with E-state index < -0.39 is 0 Å². The Balaban J connectivity index is 2.55. The molecule has 98 valence electrons. The van der Waals surface area contributed by atoms with Crippen molar-refractivity contribution in [3.63, 3.8) is 0 Å². The third-order valence-corrected chi connectivity index (χ3v) is 3.54. The average Bonchev–Trinajstić information content (AvgIpc) is 2.72. The first-order valence-electron chi connectivity index (χ1n) is 5.88. The lowest BCUT2D eigenvalue weighted by molar-refractivity contribution is -0.129. The molecule has 2 amide bonds. The van der Waals surface area contributed by atoms with Gasteiger partial charge in [0.25, 0.3) is 0 Å². The molecular formula is C11H22N4O2. The van der Waals surface area contributed by atoms with Gasteiger partial charge in [0.15, 0.2) is 0 Å². The number of likely N-dealkylation sites (tertiary alicyclic amines) is 1. The number of hydrogen-bond acceptors (Lipinski definition) is 4. The molecule has 0 saturated carbocycles. The van der Waals surface area contributed by atoms with E-state index in [0.29, 0.717) is 13.0 Å². The SMILES string of the molecule is CNC(=O)C1(C)CCN(C(C)CC(=O)NN)C1. The zero-order valence-corrected chi connectivity index (χ0v) is 10.7. The maximum Gasteiger partial charge on any atom is 0.235 e. The van der Waals surface area contributed by atoms with Crippen LogP contribution in [0, 0.1) is 5.41 Å². The summed E-state index contributed by atoms with van der Waals surface area (Å²) >= 11 is 0. The van der Waals surface area contributed by atoms with Crippen molar-refractivity contribution in [2.24, 2.45) is 11.3 Å². The summed E-state index contributed by atoms with van der Waals surface area (Å²) in [6, 6.07) is 0.102. The fourth-order valence-corrected chi connectivity index (χ4v) is 2.32. The van der Waals surface area contributed by atoms with Crippen LogP contribution in [0.25, 0.3) is 0 Å². The molecule has 6 nitrogen and oxygen atoms in total. The quantitative estimate of drug-likeness (QED) is 0.342. The molecule has 0 aromatic heterocycles. The number of nitrogens with zero attached hydrogens (tertiary/aromatic N) is 1. The van der Waals surface area contributed by atoms with E-state index in [1.165, 1.54) is 0 Å². The van der Waals surface area contributed by atoms with Gasteiger partial charge in [0.05, 0.1) is 5.41 Å². The molecule has 17 heavy (non-hydrogen) atoms. The number of hydrazine groups is 1. The normalized spacial score (nSPS) is 26.6. The van der Waals surface area contributed by atoms with Crippen LogP contribution in [0.4, 0.5) is 0 Å². The van der Waals surface area contributed by atoms with Crippen LogP contribution in [0.2, 0.25) is 0 Å². The first kappa shape index (κ1) is 13.9. The van der Waals surface area contributed by atoms with E-state index in [2.05, 4.69) is 15.6 Å². The second-order valence-corrected chi connectivity index (χ2v) is 4.98. The number of carbonyl (C=O) groups excluding carboxylic acids is 2. The molecule has 1 heterocycles. The van der Waals surface area contributed by atoms with Gasteiger partial charge in [-0.1, -0.05) is 0 Å². The molecule has 1 aliphatic rings. The maximum absolute atomic E-state index is 11.7. The van der Waals surface area contributed by atoms with Crippen LogP contribution < -0.4 is 16.6 Å². The van der Waals surface area contributed by atoms with Gasteiger partial charge in [-0.05, 0) is 26.8 Å². The van der Waals surface area contributed by atoms with E-state index in [-0.39, 0.29) is 23.3 Å². The fraction of sp³-hybridized carbons (Fsp3) is 0.818. The number of amides is 2. The van der Waals surface area contributed by atoms with Crippen LogP contribution in [-0.2, 0) is 9.59 Å². The van der Waals surface area contributed by atoms with E-state index in [9.17, 15) is 9.59 Å². The summed E-state index contributed by atoms with van der Waals surface area (Å²) in [5, 5.41) is 2.69. The molecule has 0 aliphatic carbocycles. The highest BCUT2D eigenvalue weighted by molar-refractivity contribution is 5.82. The van der Waals surface area contributed by atoms with Crippen molar-refractivity contribution < 1.29 is 9.59 Å². The van der Waals surface area contributed by atoms with Crippen LogP contribution in [0.5, 0.6) is 0 Å². The van der Waals surface area contributed by atoms with Gasteiger partial charge in [-0.3, -0.25) is 19.9 Å². The van der Waals surface area contributed by atoms with Gasteiger partial charge in [0.2, 0.25) is 11.8 Å². The van der Waals surface area contributed by atoms with Crippen molar-refractivity contribution in [2.75, 3.05) is 20.1 Å². The Morgan fingerprint density at radius 3 is 2.71 bits per heavy atom. The van der Waals surface area contributed by atoms with Crippen molar-refractivity contribution in [1.82, 2.24) is 15.6 Å². The minimum atomic E-state index is -0.345. The molecule has 1 saturated heterocycles. The highest BCUT2D eigenvalue weighted by Crippen LogP contribution is 2.31. The Morgan fingerprint density at radius 1 is 1.53 bits per heavy atom. The molecule has 2 atom stereocenters. The molecule has 4 N–H and O–H groups in total. The van der Waals surface area contributed by atoms with E-state index in [1.807, 2.05) is 13.8 Å². The molecule has 1 rings (SSSR count). The third kappa shape index (κ3) is 3.17. The molecule has 2 unspecified atom stereocenters. The van der Waals surface area contributed by atoms with Gasteiger partial charge in [0, 0.05) is 26.1 Å². The van der Waals surface area contributed by atoms with Crippen LogP contribution in [-0.4, -0.2) is 42.9 Å². The topological polar surface area (TPSA) is 87.5 Å². The Morgan fingerprint density at radius 2 is 2.18 bits per heavy atom. The van der Waals surface area contributed by atoms with Crippen molar-refractivity contribution in [3.8, 4) is 0 Å². The van der Waals surface area contributed by atoms with Gasteiger partial charge < -0.3 is 5.32 Å². The summed E-state index contributed by atoms with van der Waals surface area (Å²) in [6.45, 7) is 5.46. The smallest absolute Gasteiger partial charge is 0.235 e. The van der Waals surface area contributed by atoms with E-state index in [1.54, 1.807) is 7.05 Å². The predicted molar refractivity (Wildman–Crippen MR) is 64.8 cm³/mol. The Labute approximate surface area is 102 Å². The predicted octanol–water partition coefficient (Wildman–Crippen LogP) is -0.787. The lowest BCUT2D eigenvalue weighted by atomic mass is 9.89. The highest BCUT2D eigenvalue weighted by Gasteiger charge is 2.41. The van der Waals surface area contributed by atoms with E-state index >= 15 is 0 Å². The first-order valence-corrected chi connectivity index (χ1v) is 5.88. The molecular weight excluding hydrogens is 220 g/mol. The van der Waals surface area contributed by atoms with Gasteiger partial charge in [-0.15, -0.1) is 0 Å². The van der Waals surface area contributed by atoms with Crippen molar-refractivity contribution in [3.05, 3.63) is 0 Å². The minimum absolute atomic E-state index is 0.0653. The monoisotopic (exact) mass is 242 g/mol. The van der Waals surface area contributed by atoms with Crippen LogP contribution in [0.3, 0.4) is 0 Å². The maximum atomic E-state index is 11.7. The summed E-state index contributed by atoms with van der Waals surface area (Å²) < 4.78 is 0. The fourth-order valence-electron chi connectivity index (χ4n) is 2.32. The molecule has 0 bridgehead atoms. The molecule has 0 spiro atoms. The highest BCUT2D eigenvalue weighted by atomic mass is 16.2. The summed E-state index contributed by atoms with van der Waals surface area (Å²) in [5.41, 5.74) is 1.78. The number of hydrogen-bond donors (Lipinski definition) is 3. The number of nitrogens with two attached hydrogens (primary N) is 1. The molecule has 0 radical (unpaired) electrons. The van der Waals surface area contributed by atoms with Crippen molar-refractivity contribution in [1.29, 1.82) is 0 Å². The lowest BCUT2D eigenvalue weighted by Crippen LogP contribution is -2.42. The number of carbonyl (C=O) groups is 2. The largest absolute Gasteiger partial charge is 0.359 e. The summed E-state index contributed by atoms with van der Waals surface area (Å²) in [4.78, 5) is 25.1. The Hall–Kier alpha value is -1.14. The van der Waals surface area contributed by atoms with Crippen molar-refractivity contribution >= 4 is 11.8 Å². The van der Waals surface area contributed by atoms with Crippen molar-refractivity contribution in [2.45, 2.75) is 32.7 Å². The van der Waals surface area contributed by atoms with Gasteiger partial charge in [-0.2, -0.15) is 0 Å². The summed E-state index contributed by atoms with van der Waals surface area (Å²) in [5.74, 6) is 4.95. The van der Waals surface area contributed by atoms with Crippen LogP contribution >= 0.6 is 0 Å². The summed E-state index contributed by atoms with van der Waals surface area (Å²) in [7, 11) is 1.65. The molecule has 1 aliphatic heterocycles. The van der Waals surface area contributed by atoms with E-state index in [4.69, 9.17) is 5.84 Å². The van der Waals surface area contributed by atoms with Crippen LogP contribution in [0.1, 0.15) is 26.7 Å². The molecule has 6 heteroatoms. The molecule has 1 fully saturated rings. The van der Waals surface area contributed by atoms with Crippen LogP contribution in [0.15, 0.2) is 0 Å². The summed E-state index contributed by atoms with van der Waals surface area (Å²) in [6.07, 6.45) is 1.18. The average molecular weight is 242 g/mol. The van der Waals surface area contributed by atoms with Gasteiger partial charge in [-0.25, -0.2) is 5.84 Å². The Bertz CT molecular complexity index is 308. The van der Waals surface area contributed by atoms with E-state index in [0.717, 1.165) is 13.0 Å². The second kappa shape index (κ2) is 5.46. The zero-order chi connectivity index (χ0) is 13.1. The van der Waals surface area contributed by atoms with Gasteiger partial charge >= 0.3 is 0 Å². The lowest BCUT2D eigenvalue weighted by Gasteiger charge is -2.26. The zero-order valence-electron chi connectivity index (χ0n) is 10.7. The minimum Gasteiger partial charge on any atom is -0.359 e. The number of nitrogens with one attached hydrogen (secondary N) is 2. The van der Waals surface area contributed by atoms with Gasteiger partial charge in [0.1, 0.15) is 0 Å².